The Bertz CT molecular complexity index is 583. The first-order chi connectivity index (χ1) is 8.29. The molecule has 0 radical (unpaired) electrons. The van der Waals surface area contributed by atoms with Crippen molar-refractivity contribution in [1.29, 1.82) is 0 Å². The molecule has 0 saturated carbocycles. The number of rotatable bonds is 1. The van der Waals surface area contributed by atoms with E-state index in [0.29, 0.717) is 5.52 Å². The maximum Gasteiger partial charge on any atom is 0.133 e. The number of nitrogens with zero attached hydrogens (tertiary/aromatic N) is 1. The second-order valence-corrected chi connectivity index (χ2v) is 4.16. The molecular formula is C13H13FN2O. The highest BCUT2D eigenvalue weighted by Crippen LogP contribution is 2.32. The van der Waals surface area contributed by atoms with Crippen molar-refractivity contribution < 1.29 is 9.13 Å². The van der Waals surface area contributed by atoms with E-state index in [1.165, 1.54) is 12.1 Å². The van der Waals surface area contributed by atoms with Crippen molar-refractivity contribution in [2.24, 2.45) is 0 Å². The molecule has 0 saturated heterocycles. The van der Waals surface area contributed by atoms with E-state index >= 15 is 0 Å². The van der Waals surface area contributed by atoms with Gasteiger partial charge in [0.15, 0.2) is 0 Å². The Morgan fingerprint density at radius 3 is 3.12 bits per heavy atom. The fourth-order valence-electron chi connectivity index (χ4n) is 2.35. The number of nitrogens with one attached hydrogen (secondary N) is 1. The third kappa shape index (κ3) is 1.65. The van der Waals surface area contributed by atoms with Crippen LogP contribution in [0.2, 0.25) is 0 Å². The SMILES string of the molecule is COc1c2c(nc3cc(F)ccc13)CNCC2. The molecule has 88 valence electrons. The van der Waals surface area contributed by atoms with E-state index in [4.69, 9.17) is 4.74 Å². The lowest BCUT2D eigenvalue weighted by Crippen LogP contribution is -2.25. The zero-order valence-corrected chi connectivity index (χ0v) is 9.59. The van der Waals surface area contributed by atoms with E-state index in [2.05, 4.69) is 10.3 Å². The van der Waals surface area contributed by atoms with Gasteiger partial charge < -0.3 is 10.1 Å². The third-order valence-electron chi connectivity index (χ3n) is 3.13. The summed E-state index contributed by atoms with van der Waals surface area (Å²) in [6, 6.07) is 4.63. The predicted molar refractivity (Wildman–Crippen MR) is 63.7 cm³/mol. The van der Waals surface area contributed by atoms with Crippen LogP contribution in [0.25, 0.3) is 10.9 Å². The Hall–Kier alpha value is -1.68. The molecule has 0 bridgehead atoms. The van der Waals surface area contributed by atoms with E-state index in [9.17, 15) is 4.39 Å². The summed E-state index contributed by atoms with van der Waals surface area (Å²) in [5, 5.41) is 4.14. The van der Waals surface area contributed by atoms with Crippen molar-refractivity contribution in [3.63, 3.8) is 0 Å². The molecule has 0 spiro atoms. The maximum absolute atomic E-state index is 13.2. The van der Waals surface area contributed by atoms with Gasteiger partial charge in [0.1, 0.15) is 11.6 Å². The number of hydrogen-bond donors (Lipinski definition) is 1. The quantitative estimate of drug-likeness (QED) is 0.816. The van der Waals surface area contributed by atoms with Gasteiger partial charge in [-0.25, -0.2) is 4.39 Å². The lowest BCUT2D eigenvalue weighted by Gasteiger charge is -2.20. The number of pyridine rings is 1. The van der Waals surface area contributed by atoms with E-state index in [1.807, 2.05) is 0 Å². The largest absolute Gasteiger partial charge is 0.496 e. The zero-order chi connectivity index (χ0) is 11.8. The molecule has 0 fully saturated rings. The first-order valence-corrected chi connectivity index (χ1v) is 5.65. The molecule has 0 atom stereocenters. The smallest absolute Gasteiger partial charge is 0.133 e. The van der Waals surface area contributed by atoms with Crippen molar-refractivity contribution >= 4 is 10.9 Å². The number of hydrogen-bond acceptors (Lipinski definition) is 3. The first kappa shape index (κ1) is 10.5. The van der Waals surface area contributed by atoms with Gasteiger partial charge in [0.2, 0.25) is 0 Å². The van der Waals surface area contributed by atoms with Gasteiger partial charge in [-0.3, -0.25) is 4.98 Å². The molecule has 0 amide bonds. The van der Waals surface area contributed by atoms with Crippen LogP contribution in [-0.2, 0) is 13.0 Å². The van der Waals surface area contributed by atoms with Crippen LogP contribution in [0.15, 0.2) is 18.2 Å². The average molecular weight is 232 g/mol. The lowest BCUT2D eigenvalue weighted by atomic mass is 10.0. The summed E-state index contributed by atoms with van der Waals surface area (Å²) in [5.74, 6) is 0.572. The van der Waals surface area contributed by atoms with E-state index in [0.717, 1.165) is 41.9 Å². The molecule has 3 nitrogen and oxygen atoms in total. The second kappa shape index (κ2) is 3.96. The van der Waals surface area contributed by atoms with Crippen LogP contribution in [0.3, 0.4) is 0 Å². The molecule has 4 heteroatoms. The van der Waals surface area contributed by atoms with Gasteiger partial charge in [0.05, 0.1) is 18.3 Å². The van der Waals surface area contributed by atoms with Crippen LogP contribution in [0, 0.1) is 5.82 Å². The van der Waals surface area contributed by atoms with E-state index in [1.54, 1.807) is 13.2 Å². The zero-order valence-electron chi connectivity index (χ0n) is 9.59. The normalized spacial score (nSPS) is 14.7. The molecule has 1 aliphatic rings. The van der Waals surface area contributed by atoms with Gasteiger partial charge in [0.25, 0.3) is 0 Å². The van der Waals surface area contributed by atoms with Crippen LogP contribution >= 0.6 is 0 Å². The minimum absolute atomic E-state index is 0.268. The van der Waals surface area contributed by atoms with Crippen molar-refractivity contribution in [2.45, 2.75) is 13.0 Å². The summed E-state index contributed by atoms with van der Waals surface area (Å²) >= 11 is 0. The van der Waals surface area contributed by atoms with Crippen molar-refractivity contribution in [1.82, 2.24) is 10.3 Å². The number of ether oxygens (including phenoxy) is 1. The summed E-state index contributed by atoms with van der Waals surface area (Å²) in [5.41, 5.74) is 2.76. The highest BCUT2D eigenvalue weighted by atomic mass is 19.1. The summed E-state index contributed by atoms with van der Waals surface area (Å²) in [4.78, 5) is 4.50. The van der Waals surface area contributed by atoms with Gasteiger partial charge in [-0.15, -0.1) is 0 Å². The van der Waals surface area contributed by atoms with Crippen molar-refractivity contribution in [3.05, 3.63) is 35.3 Å². The fourth-order valence-corrected chi connectivity index (χ4v) is 2.35. The Labute approximate surface area is 98.6 Å². The highest BCUT2D eigenvalue weighted by Gasteiger charge is 2.18. The van der Waals surface area contributed by atoms with Crippen LogP contribution < -0.4 is 10.1 Å². The molecule has 1 aromatic carbocycles. The molecule has 1 aliphatic heterocycles. The van der Waals surface area contributed by atoms with Crippen molar-refractivity contribution in [3.8, 4) is 5.75 Å². The molecule has 0 unspecified atom stereocenters. The summed E-state index contributed by atoms with van der Waals surface area (Å²) in [7, 11) is 1.65. The summed E-state index contributed by atoms with van der Waals surface area (Å²) in [6.07, 6.45) is 0.902. The number of aromatic nitrogens is 1. The summed E-state index contributed by atoms with van der Waals surface area (Å²) in [6.45, 7) is 1.65. The van der Waals surface area contributed by atoms with Gasteiger partial charge >= 0.3 is 0 Å². The second-order valence-electron chi connectivity index (χ2n) is 4.16. The van der Waals surface area contributed by atoms with E-state index < -0.39 is 0 Å². The van der Waals surface area contributed by atoms with E-state index in [-0.39, 0.29) is 5.82 Å². The summed E-state index contributed by atoms with van der Waals surface area (Å²) < 4.78 is 18.7. The van der Waals surface area contributed by atoms with Gasteiger partial charge in [-0.2, -0.15) is 0 Å². The predicted octanol–water partition coefficient (Wildman–Crippen LogP) is 2.03. The number of halogens is 1. The molecule has 17 heavy (non-hydrogen) atoms. The molecule has 3 rings (SSSR count). The van der Waals surface area contributed by atoms with Crippen LogP contribution in [0.4, 0.5) is 4.39 Å². The van der Waals surface area contributed by atoms with Crippen LogP contribution in [-0.4, -0.2) is 18.6 Å². The monoisotopic (exact) mass is 232 g/mol. The maximum atomic E-state index is 13.2. The molecule has 2 aromatic rings. The van der Waals surface area contributed by atoms with Gasteiger partial charge in [0, 0.05) is 23.6 Å². The number of fused-ring (bicyclic) bond motifs is 2. The van der Waals surface area contributed by atoms with Crippen molar-refractivity contribution in [2.75, 3.05) is 13.7 Å². The minimum Gasteiger partial charge on any atom is -0.496 e. The third-order valence-corrected chi connectivity index (χ3v) is 3.13. The molecule has 1 N–H and O–H groups in total. The van der Waals surface area contributed by atoms with Crippen LogP contribution in [0.1, 0.15) is 11.3 Å². The standard InChI is InChI=1S/C13H13FN2O/c1-17-13-9-3-2-8(14)6-11(9)16-12-7-15-5-4-10(12)13/h2-3,6,15H,4-5,7H2,1H3. The van der Waals surface area contributed by atoms with Crippen LogP contribution in [0.5, 0.6) is 5.75 Å². The number of methoxy groups -OCH3 is 1. The topological polar surface area (TPSA) is 34.1 Å². The molecule has 2 heterocycles. The Morgan fingerprint density at radius 2 is 2.29 bits per heavy atom. The Morgan fingerprint density at radius 1 is 1.41 bits per heavy atom. The molecule has 1 aromatic heterocycles. The average Bonchev–Trinajstić information content (AvgIpc) is 2.35. The highest BCUT2D eigenvalue weighted by molar-refractivity contribution is 5.87. The van der Waals surface area contributed by atoms with Gasteiger partial charge in [-0.1, -0.05) is 0 Å². The number of benzene rings is 1. The molecule has 0 aliphatic carbocycles. The Balaban J connectivity index is 2.34. The first-order valence-electron chi connectivity index (χ1n) is 5.65. The molecular weight excluding hydrogens is 219 g/mol. The minimum atomic E-state index is -0.268. The lowest BCUT2D eigenvalue weighted by molar-refractivity contribution is 0.410. The fraction of sp³-hybridized carbons (Fsp3) is 0.308. The Kier molecular flexibility index (Phi) is 2.44. The van der Waals surface area contributed by atoms with Gasteiger partial charge in [-0.05, 0) is 25.1 Å².